The lowest BCUT2D eigenvalue weighted by Gasteiger charge is -2.01. The molecular formula is C8H13N5O3. The summed E-state index contributed by atoms with van der Waals surface area (Å²) in [5.74, 6) is -0.507. The fraction of sp³-hybridized carbons (Fsp3) is 0.500. The fourth-order valence-electron chi connectivity index (χ4n) is 1.03. The van der Waals surface area contributed by atoms with Crippen LogP contribution in [0.5, 0.6) is 0 Å². The van der Waals surface area contributed by atoms with E-state index in [4.69, 9.17) is 0 Å². The van der Waals surface area contributed by atoms with Crippen LogP contribution in [0.4, 0.5) is 4.79 Å². The van der Waals surface area contributed by atoms with Gasteiger partial charge in [-0.25, -0.2) is 9.48 Å². The number of nitrogens with zero attached hydrogens (tertiary/aromatic N) is 3. The normalized spacial score (nSPS) is 9.88. The third kappa shape index (κ3) is 3.65. The SMILES string of the molecule is CNCc1cn(CC(=O)NC(=O)OC)nn1. The lowest BCUT2D eigenvalue weighted by atomic mass is 10.5. The number of methoxy groups -OCH3 is 1. The molecule has 1 aromatic heterocycles. The highest BCUT2D eigenvalue weighted by Gasteiger charge is 2.09. The highest BCUT2D eigenvalue weighted by atomic mass is 16.5. The van der Waals surface area contributed by atoms with Crippen molar-refractivity contribution in [3.8, 4) is 0 Å². The van der Waals surface area contributed by atoms with Crippen molar-refractivity contribution in [2.45, 2.75) is 13.1 Å². The summed E-state index contributed by atoms with van der Waals surface area (Å²) in [5.41, 5.74) is 0.716. The molecule has 0 aliphatic heterocycles. The molecule has 8 nitrogen and oxygen atoms in total. The van der Waals surface area contributed by atoms with Crippen molar-refractivity contribution in [2.75, 3.05) is 14.2 Å². The molecule has 0 unspecified atom stereocenters. The molecule has 1 aromatic rings. The molecule has 88 valence electrons. The molecule has 0 aliphatic rings. The van der Waals surface area contributed by atoms with Crippen LogP contribution in [0, 0.1) is 0 Å². The van der Waals surface area contributed by atoms with E-state index in [0.29, 0.717) is 12.2 Å². The predicted molar refractivity (Wildman–Crippen MR) is 53.3 cm³/mol. The van der Waals surface area contributed by atoms with Gasteiger partial charge >= 0.3 is 6.09 Å². The molecule has 0 bridgehead atoms. The number of hydrogen-bond donors (Lipinski definition) is 2. The maximum atomic E-state index is 11.2. The maximum Gasteiger partial charge on any atom is 0.413 e. The Morgan fingerprint density at radius 2 is 2.31 bits per heavy atom. The number of ether oxygens (including phenoxy) is 1. The Morgan fingerprint density at radius 3 is 2.94 bits per heavy atom. The smallest absolute Gasteiger partial charge is 0.413 e. The zero-order valence-electron chi connectivity index (χ0n) is 9.06. The van der Waals surface area contributed by atoms with Crippen LogP contribution in [0.2, 0.25) is 0 Å². The monoisotopic (exact) mass is 227 g/mol. The molecule has 0 aromatic carbocycles. The second-order valence-electron chi connectivity index (χ2n) is 2.98. The number of nitrogens with one attached hydrogen (secondary N) is 2. The van der Waals surface area contributed by atoms with Crippen LogP contribution in [0.15, 0.2) is 6.20 Å². The van der Waals surface area contributed by atoms with Crippen LogP contribution in [-0.2, 0) is 22.6 Å². The molecule has 0 aliphatic carbocycles. The molecule has 0 atom stereocenters. The van der Waals surface area contributed by atoms with Gasteiger partial charge in [-0.1, -0.05) is 5.21 Å². The summed E-state index contributed by atoms with van der Waals surface area (Å²) < 4.78 is 5.61. The van der Waals surface area contributed by atoms with Crippen LogP contribution >= 0.6 is 0 Å². The second kappa shape index (κ2) is 5.81. The molecule has 0 saturated heterocycles. The van der Waals surface area contributed by atoms with Crippen molar-refractivity contribution in [3.63, 3.8) is 0 Å². The first-order valence-electron chi connectivity index (χ1n) is 4.57. The summed E-state index contributed by atoms with van der Waals surface area (Å²) in [4.78, 5) is 21.9. The van der Waals surface area contributed by atoms with Crippen molar-refractivity contribution >= 4 is 12.0 Å². The van der Waals surface area contributed by atoms with Crippen molar-refractivity contribution in [3.05, 3.63) is 11.9 Å². The Labute approximate surface area is 92.0 Å². The Balaban J connectivity index is 2.46. The first-order chi connectivity index (χ1) is 7.65. The molecule has 0 saturated carbocycles. The first kappa shape index (κ1) is 12.1. The average Bonchev–Trinajstić information content (AvgIpc) is 2.65. The lowest BCUT2D eigenvalue weighted by molar-refractivity contribution is -0.121. The van der Waals surface area contributed by atoms with Crippen molar-refractivity contribution < 1.29 is 14.3 Å². The van der Waals surface area contributed by atoms with Gasteiger partial charge in [0.25, 0.3) is 5.91 Å². The van der Waals surface area contributed by atoms with Gasteiger partial charge in [-0.2, -0.15) is 0 Å². The minimum absolute atomic E-state index is 0.0776. The molecule has 0 spiro atoms. The van der Waals surface area contributed by atoms with Gasteiger partial charge in [0.2, 0.25) is 0 Å². The molecule has 1 heterocycles. The quantitative estimate of drug-likeness (QED) is 0.676. The summed E-state index contributed by atoms with van der Waals surface area (Å²) in [6, 6.07) is 0. The van der Waals surface area contributed by atoms with Gasteiger partial charge in [-0.3, -0.25) is 10.1 Å². The van der Waals surface area contributed by atoms with Gasteiger partial charge in [0, 0.05) is 6.54 Å². The molecule has 0 fully saturated rings. The van der Waals surface area contributed by atoms with Gasteiger partial charge in [0.15, 0.2) is 0 Å². The van der Waals surface area contributed by atoms with E-state index < -0.39 is 12.0 Å². The number of carbonyl (C=O) groups is 2. The number of rotatable bonds is 4. The van der Waals surface area contributed by atoms with Gasteiger partial charge in [-0.05, 0) is 7.05 Å². The number of alkyl carbamates (subject to hydrolysis) is 1. The lowest BCUT2D eigenvalue weighted by Crippen LogP contribution is -2.33. The number of imide groups is 1. The van der Waals surface area contributed by atoms with E-state index in [1.165, 1.54) is 11.8 Å². The zero-order chi connectivity index (χ0) is 12.0. The number of hydrogen-bond acceptors (Lipinski definition) is 6. The third-order valence-electron chi connectivity index (χ3n) is 1.68. The number of aromatic nitrogens is 3. The van der Waals surface area contributed by atoms with Crippen molar-refractivity contribution in [1.29, 1.82) is 0 Å². The molecule has 0 radical (unpaired) electrons. The summed E-state index contributed by atoms with van der Waals surface area (Å²) in [7, 11) is 2.96. The van der Waals surface area contributed by atoms with Crippen LogP contribution in [0.3, 0.4) is 0 Å². The van der Waals surface area contributed by atoms with E-state index in [9.17, 15) is 9.59 Å². The summed E-state index contributed by atoms with van der Waals surface area (Å²) >= 11 is 0. The second-order valence-corrected chi connectivity index (χ2v) is 2.98. The molecule has 1 rings (SSSR count). The highest BCUT2D eigenvalue weighted by molar-refractivity contribution is 5.91. The number of amides is 2. The Hall–Kier alpha value is -1.96. The Kier molecular flexibility index (Phi) is 4.40. The minimum atomic E-state index is -0.791. The molecule has 16 heavy (non-hydrogen) atoms. The summed E-state index contributed by atoms with van der Waals surface area (Å²) in [6.45, 7) is 0.491. The molecule has 8 heteroatoms. The van der Waals surface area contributed by atoms with Crippen LogP contribution in [0.1, 0.15) is 5.69 Å². The van der Waals surface area contributed by atoms with E-state index in [2.05, 4.69) is 20.4 Å². The summed E-state index contributed by atoms with van der Waals surface area (Å²) in [5, 5.41) is 12.5. The number of carbonyl (C=O) groups excluding carboxylic acids is 2. The minimum Gasteiger partial charge on any atom is -0.453 e. The van der Waals surface area contributed by atoms with E-state index in [1.807, 2.05) is 5.32 Å². The maximum absolute atomic E-state index is 11.2. The predicted octanol–water partition coefficient (Wildman–Crippen LogP) is -1.12. The first-order valence-corrected chi connectivity index (χ1v) is 4.57. The summed E-state index contributed by atoms with van der Waals surface area (Å²) in [6.07, 6.45) is 0.827. The zero-order valence-corrected chi connectivity index (χ0v) is 9.06. The molecular weight excluding hydrogens is 214 g/mol. The van der Waals surface area contributed by atoms with Crippen molar-refractivity contribution in [1.82, 2.24) is 25.6 Å². The van der Waals surface area contributed by atoms with Crippen molar-refractivity contribution in [2.24, 2.45) is 0 Å². The standard InChI is InChI=1S/C8H13N5O3/c1-9-3-6-4-13(12-11-6)5-7(14)10-8(15)16-2/h4,9H,3,5H2,1-2H3,(H,10,14,15). The Bertz CT molecular complexity index is 376. The van der Waals surface area contributed by atoms with Crippen LogP contribution in [0.25, 0.3) is 0 Å². The topological polar surface area (TPSA) is 98.1 Å². The molecule has 2 N–H and O–H groups in total. The van der Waals surface area contributed by atoms with Gasteiger partial charge in [-0.15, -0.1) is 5.10 Å². The van der Waals surface area contributed by atoms with E-state index in [-0.39, 0.29) is 6.54 Å². The van der Waals surface area contributed by atoms with E-state index in [0.717, 1.165) is 0 Å². The van der Waals surface area contributed by atoms with Gasteiger partial charge < -0.3 is 10.1 Å². The largest absolute Gasteiger partial charge is 0.453 e. The average molecular weight is 227 g/mol. The highest BCUT2D eigenvalue weighted by Crippen LogP contribution is 1.91. The van der Waals surface area contributed by atoms with E-state index in [1.54, 1.807) is 13.2 Å². The van der Waals surface area contributed by atoms with Gasteiger partial charge in [0.1, 0.15) is 6.54 Å². The molecule has 2 amide bonds. The fourth-order valence-corrected chi connectivity index (χ4v) is 1.03. The van der Waals surface area contributed by atoms with Crippen LogP contribution in [-0.4, -0.2) is 41.2 Å². The van der Waals surface area contributed by atoms with Crippen LogP contribution < -0.4 is 10.6 Å². The Morgan fingerprint density at radius 1 is 1.56 bits per heavy atom. The third-order valence-corrected chi connectivity index (χ3v) is 1.68. The van der Waals surface area contributed by atoms with Gasteiger partial charge in [0.05, 0.1) is 19.0 Å². The van der Waals surface area contributed by atoms with E-state index >= 15 is 0 Å².